The Labute approximate surface area is 194 Å². The number of aryl methyl sites for hydroxylation is 1. The van der Waals surface area contributed by atoms with Gasteiger partial charge in [0.05, 0.1) is 19.7 Å². The van der Waals surface area contributed by atoms with Gasteiger partial charge in [-0.15, -0.1) is 0 Å². The maximum Gasteiger partial charge on any atom is 0.255 e. The van der Waals surface area contributed by atoms with Crippen molar-refractivity contribution in [3.8, 4) is 5.75 Å². The normalized spacial score (nSPS) is 13.6. The first-order valence-electron chi connectivity index (χ1n) is 11.2. The summed E-state index contributed by atoms with van der Waals surface area (Å²) in [6.07, 6.45) is 2.23. The Kier molecular flexibility index (Phi) is 6.93. The third-order valence-corrected chi connectivity index (χ3v) is 5.86. The molecule has 1 unspecified atom stereocenters. The summed E-state index contributed by atoms with van der Waals surface area (Å²) in [6, 6.07) is 22.6. The van der Waals surface area contributed by atoms with Gasteiger partial charge in [0.1, 0.15) is 5.75 Å². The van der Waals surface area contributed by atoms with Crippen LogP contribution in [0.3, 0.4) is 0 Å². The average molecular weight is 444 g/mol. The molecule has 0 saturated heterocycles. The van der Waals surface area contributed by atoms with Crippen molar-refractivity contribution in [3.63, 3.8) is 0 Å². The molecule has 4 rings (SSSR count). The zero-order valence-corrected chi connectivity index (χ0v) is 18.9. The van der Waals surface area contributed by atoms with Crippen LogP contribution in [-0.2, 0) is 4.79 Å². The Balaban J connectivity index is 1.38. The minimum Gasteiger partial charge on any atom is -0.497 e. The van der Waals surface area contributed by atoms with Crippen molar-refractivity contribution in [2.75, 3.05) is 24.3 Å². The molecule has 1 aliphatic rings. The fourth-order valence-electron chi connectivity index (χ4n) is 3.79. The van der Waals surface area contributed by atoms with E-state index in [0.717, 1.165) is 41.1 Å². The number of hydrogen-bond acceptors (Lipinski definition) is 4. The number of rotatable bonds is 9. The standard InChI is InChI=1S/C27H29N3O3/c1-18-8-9-21(27(32)29-22-6-4-3-5-7-22)16-24(18)28-17-25(31)30-26(19-10-11-19)20-12-14-23(33-2)15-13-20/h3-9,12-16,19,26,28H,10-11,17H2,1-2H3,(H,29,32)(H,30,31). The summed E-state index contributed by atoms with van der Waals surface area (Å²) in [6.45, 7) is 2.08. The van der Waals surface area contributed by atoms with E-state index in [1.807, 2.05) is 67.6 Å². The van der Waals surface area contributed by atoms with E-state index in [2.05, 4.69) is 16.0 Å². The molecule has 3 aromatic rings. The summed E-state index contributed by atoms with van der Waals surface area (Å²) in [4.78, 5) is 25.4. The van der Waals surface area contributed by atoms with Gasteiger partial charge < -0.3 is 20.7 Å². The van der Waals surface area contributed by atoms with Crippen LogP contribution < -0.4 is 20.7 Å². The fraction of sp³-hybridized carbons (Fsp3) is 0.259. The van der Waals surface area contributed by atoms with E-state index in [1.54, 1.807) is 19.2 Å². The van der Waals surface area contributed by atoms with Crippen LogP contribution >= 0.6 is 0 Å². The highest BCUT2D eigenvalue weighted by molar-refractivity contribution is 6.05. The van der Waals surface area contributed by atoms with E-state index < -0.39 is 0 Å². The maximum atomic E-state index is 12.7. The number of amides is 2. The predicted molar refractivity (Wildman–Crippen MR) is 131 cm³/mol. The average Bonchev–Trinajstić information content (AvgIpc) is 3.68. The molecule has 170 valence electrons. The smallest absolute Gasteiger partial charge is 0.255 e. The quantitative estimate of drug-likeness (QED) is 0.438. The van der Waals surface area contributed by atoms with E-state index in [4.69, 9.17) is 4.74 Å². The first-order valence-corrected chi connectivity index (χ1v) is 11.2. The Hall–Kier alpha value is -3.80. The number of hydrogen-bond donors (Lipinski definition) is 3. The summed E-state index contributed by atoms with van der Waals surface area (Å²) in [5.41, 5.74) is 4.08. The van der Waals surface area contributed by atoms with E-state index in [-0.39, 0.29) is 24.4 Å². The maximum absolute atomic E-state index is 12.7. The third-order valence-electron chi connectivity index (χ3n) is 5.86. The zero-order chi connectivity index (χ0) is 23.2. The second kappa shape index (κ2) is 10.2. The number of methoxy groups -OCH3 is 1. The lowest BCUT2D eigenvalue weighted by Crippen LogP contribution is -2.34. The van der Waals surface area contributed by atoms with Crippen LogP contribution in [0.4, 0.5) is 11.4 Å². The van der Waals surface area contributed by atoms with Crippen molar-refractivity contribution in [2.24, 2.45) is 5.92 Å². The van der Waals surface area contributed by atoms with Gasteiger partial charge in [-0.1, -0.05) is 36.4 Å². The number of benzene rings is 3. The highest BCUT2D eigenvalue weighted by atomic mass is 16.5. The van der Waals surface area contributed by atoms with Crippen LogP contribution in [0.15, 0.2) is 72.8 Å². The molecule has 0 radical (unpaired) electrons. The van der Waals surface area contributed by atoms with Crippen LogP contribution in [0.5, 0.6) is 5.75 Å². The largest absolute Gasteiger partial charge is 0.497 e. The molecule has 0 aromatic heterocycles. The number of para-hydroxylation sites is 1. The predicted octanol–water partition coefficient (Wildman–Crippen LogP) is 4.94. The Bertz CT molecular complexity index is 1110. The molecule has 0 aliphatic heterocycles. The van der Waals surface area contributed by atoms with Crippen molar-refractivity contribution in [3.05, 3.63) is 89.5 Å². The number of carbonyl (C=O) groups excluding carboxylic acids is 2. The van der Waals surface area contributed by atoms with E-state index in [9.17, 15) is 9.59 Å². The molecule has 0 spiro atoms. The summed E-state index contributed by atoms with van der Waals surface area (Å²) in [5, 5.41) is 9.25. The van der Waals surface area contributed by atoms with Gasteiger partial charge in [0, 0.05) is 16.9 Å². The number of carbonyl (C=O) groups is 2. The molecule has 6 heteroatoms. The SMILES string of the molecule is COc1ccc(C(NC(=O)CNc2cc(C(=O)Nc3ccccc3)ccc2C)C2CC2)cc1. The van der Waals surface area contributed by atoms with E-state index in [1.165, 1.54) is 0 Å². The van der Waals surface area contributed by atoms with Gasteiger partial charge in [0.25, 0.3) is 5.91 Å². The van der Waals surface area contributed by atoms with E-state index >= 15 is 0 Å². The molecule has 0 heterocycles. The zero-order valence-electron chi connectivity index (χ0n) is 18.9. The van der Waals surface area contributed by atoms with Gasteiger partial charge in [0.15, 0.2) is 0 Å². The lowest BCUT2D eigenvalue weighted by molar-refractivity contribution is -0.120. The minimum absolute atomic E-state index is 0.00529. The topological polar surface area (TPSA) is 79.5 Å². The number of nitrogens with one attached hydrogen (secondary N) is 3. The summed E-state index contributed by atoms with van der Waals surface area (Å²) in [7, 11) is 1.64. The lowest BCUT2D eigenvalue weighted by Gasteiger charge is -2.20. The Morgan fingerprint density at radius 2 is 1.73 bits per heavy atom. The van der Waals surface area contributed by atoms with Gasteiger partial charge in [-0.2, -0.15) is 0 Å². The molecule has 1 saturated carbocycles. The lowest BCUT2D eigenvalue weighted by atomic mass is 10.0. The van der Waals surface area contributed by atoms with E-state index in [0.29, 0.717) is 11.5 Å². The second-order valence-corrected chi connectivity index (χ2v) is 8.36. The van der Waals surface area contributed by atoms with Crippen LogP contribution in [-0.4, -0.2) is 25.5 Å². The van der Waals surface area contributed by atoms with Crippen molar-refractivity contribution in [1.82, 2.24) is 5.32 Å². The van der Waals surface area contributed by atoms with Gasteiger partial charge in [-0.05, 0) is 73.2 Å². The van der Waals surface area contributed by atoms with Crippen molar-refractivity contribution in [2.45, 2.75) is 25.8 Å². The van der Waals surface area contributed by atoms with Gasteiger partial charge in [-0.3, -0.25) is 9.59 Å². The molecule has 2 amide bonds. The molecule has 0 bridgehead atoms. The van der Waals surface area contributed by atoms with Crippen LogP contribution in [0.1, 0.15) is 40.4 Å². The van der Waals surface area contributed by atoms with Crippen molar-refractivity contribution in [1.29, 1.82) is 0 Å². The number of ether oxygens (including phenoxy) is 1. The highest BCUT2D eigenvalue weighted by Gasteiger charge is 2.33. The second-order valence-electron chi connectivity index (χ2n) is 8.36. The fourth-order valence-corrected chi connectivity index (χ4v) is 3.79. The van der Waals surface area contributed by atoms with Crippen LogP contribution in [0.25, 0.3) is 0 Å². The first-order chi connectivity index (χ1) is 16.0. The number of anilines is 2. The van der Waals surface area contributed by atoms with Crippen molar-refractivity contribution >= 4 is 23.2 Å². The van der Waals surface area contributed by atoms with Gasteiger partial charge in [0.2, 0.25) is 5.91 Å². The van der Waals surface area contributed by atoms with Crippen LogP contribution in [0.2, 0.25) is 0 Å². The summed E-state index contributed by atoms with van der Waals surface area (Å²) in [5.74, 6) is 0.991. The molecule has 33 heavy (non-hydrogen) atoms. The Morgan fingerprint density at radius 1 is 1.00 bits per heavy atom. The minimum atomic E-state index is -0.193. The summed E-state index contributed by atoms with van der Waals surface area (Å²) >= 11 is 0. The molecule has 1 aliphatic carbocycles. The monoisotopic (exact) mass is 443 g/mol. The molecule has 1 atom stereocenters. The summed E-state index contributed by atoms with van der Waals surface area (Å²) < 4.78 is 5.24. The molecule has 1 fully saturated rings. The van der Waals surface area contributed by atoms with Crippen LogP contribution in [0, 0.1) is 12.8 Å². The van der Waals surface area contributed by atoms with Crippen molar-refractivity contribution < 1.29 is 14.3 Å². The van der Waals surface area contributed by atoms with Gasteiger partial charge in [-0.25, -0.2) is 0 Å². The molecule has 3 aromatic carbocycles. The molecular weight excluding hydrogens is 414 g/mol. The molecule has 3 N–H and O–H groups in total. The Morgan fingerprint density at radius 3 is 2.39 bits per heavy atom. The van der Waals surface area contributed by atoms with Gasteiger partial charge >= 0.3 is 0 Å². The molecular formula is C27H29N3O3. The third kappa shape index (κ3) is 5.92. The highest BCUT2D eigenvalue weighted by Crippen LogP contribution is 2.41. The molecule has 6 nitrogen and oxygen atoms in total. The first kappa shape index (κ1) is 22.4.